The predicted molar refractivity (Wildman–Crippen MR) is 140 cm³/mol. The predicted octanol–water partition coefficient (Wildman–Crippen LogP) is 3.11. The van der Waals surface area contributed by atoms with E-state index in [-0.39, 0.29) is 18.9 Å². The van der Waals surface area contributed by atoms with Gasteiger partial charge >= 0.3 is 0 Å². The van der Waals surface area contributed by atoms with Crippen LogP contribution >= 0.6 is 0 Å². The highest BCUT2D eigenvalue weighted by atomic mass is 19.1. The summed E-state index contributed by atoms with van der Waals surface area (Å²) >= 11 is 0. The standard InChI is InChI=1S/C28H40F2N4O2/c1-19(2)11-21-5-6-27(34-9-7-33(4)8-10-34)23(12-21)17-32-26(28(36)18-31-20(3)35)15-22-13-24(29)16-25(30)14-22/h5-6,12-14,16,19,26,28,32,36H,7-11,15,17-18H2,1-4H3,(H,31,35). The molecule has 1 saturated heterocycles. The summed E-state index contributed by atoms with van der Waals surface area (Å²) in [4.78, 5) is 16.1. The number of hydrogen-bond acceptors (Lipinski definition) is 5. The van der Waals surface area contributed by atoms with Gasteiger partial charge in [-0.15, -0.1) is 0 Å². The van der Waals surface area contributed by atoms with Crippen molar-refractivity contribution in [1.82, 2.24) is 15.5 Å². The Labute approximate surface area is 213 Å². The van der Waals surface area contributed by atoms with Crippen LogP contribution in [-0.2, 0) is 24.2 Å². The number of rotatable bonds is 11. The van der Waals surface area contributed by atoms with E-state index in [9.17, 15) is 18.7 Å². The van der Waals surface area contributed by atoms with E-state index in [0.717, 1.165) is 49.9 Å². The lowest BCUT2D eigenvalue weighted by molar-refractivity contribution is -0.119. The smallest absolute Gasteiger partial charge is 0.216 e. The third kappa shape index (κ3) is 8.54. The van der Waals surface area contributed by atoms with Gasteiger partial charge in [-0.1, -0.05) is 26.0 Å². The average molecular weight is 503 g/mol. The molecular formula is C28H40F2N4O2. The molecule has 6 nitrogen and oxygen atoms in total. The number of hydrogen-bond donors (Lipinski definition) is 3. The van der Waals surface area contributed by atoms with Crippen LogP contribution in [0.1, 0.15) is 37.5 Å². The Kier molecular flexibility index (Phi) is 10.2. The van der Waals surface area contributed by atoms with Crippen LogP contribution in [0.5, 0.6) is 0 Å². The van der Waals surface area contributed by atoms with Crippen molar-refractivity contribution in [3.63, 3.8) is 0 Å². The minimum Gasteiger partial charge on any atom is -0.390 e. The Hall–Kier alpha value is -2.55. The molecule has 1 aliphatic rings. The molecule has 0 spiro atoms. The number of piperazine rings is 1. The molecule has 1 fully saturated rings. The lowest BCUT2D eigenvalue weighted by atomic mass is 9.97. The largest absolute Gasteiger partial charge is 0.390 e. The molecule has 0 aliphatic carbocycles. The minimum absolute atomic E-state index is 0.0451. The van der Waals surface area contributed by atoms with Crippen LogP contribution in [-0.4, -0.2) is 67.8 Å². The number of benzene rings is 2. The van der Waals surface area contributed by atoms with Crippen molar-refractivity contribution in [1.29, 1.82) is 0 Å². The van der Waals surface area contributed by atoms with Gasteiger partial charge in [0.05, 0.1) is 6.10 Å². The van der Waals surface area contributed by atoms with Crippen LogP contribution in [0.2, 0.25) is 0 Å². The molecule has 2 unspecified atom stereocenters. The molecule has 1 amide bonds. The molecule has 2 aromatic rings. The topological polar surface area (TPSA) is 67.8 Å². The zero-order valence-electron chi connectivity index (χ0n) is 21.9. The summed E-state index contributed by atoms with van der Waals surface area (Å²) in [5, 5.41) is 16.9. The van der Waals surface area contributed by atoms with Gasteiger partial charge in [-0.05, 0) is 60.7 Å². The fourth-order valence-corrected chi connectivity index (χ4v) is 4.69. The number of aliphatic hydroxyl groups is 1. The zero-order chi connectivity index (χ0) is 26.2. The Balaban J connectivity index is 1.83. The first kappa shape index (κ1) is 28.0. The molecular weight excluding hydrogens is 462 g/mol. The number of nitrogens with zero attached hydrogens (tertiary/aromatic N) is 2. The number of carbonyl (C=O) groups excluding carboxylic acids is 1. The van der Waals surface area contributed by atoms with E-state index < -0.39 is 23.8 Å². The highest BCUT2D eigenvalue weighted by molar-refractivity contribution is 5.72. The number of nitrogens with one attached hydrogen (secondary N) is 2. The molecule has 3 rings (SSSR count). The van der Waals surface area contributed by atoms with Crippen molar-refractivity contribution >= 4 is 11.6 Å². The molecule has 1 aliphatic heterocycles. The quantitative estimate of drug-likeness (QED) is 0.441. The fourth-order valence-electron chi connectivity index (χ4n) is 4.69. The first-order valence-electron chi connectivity index (χ1n) is 12.8. The van der Waals surface area contributed by atoms with Crippen molar-refractivity contribution < 1.29 is 18.7 Å². The summed E-state index contributed by atoms with van der Waals surface area (Å²) in [5.41, 5.74) is 3.98. The summed E-state index contributed by atoms with van der Waals surface area (Å²) in [7, 11) is 2.13. The van der Waals surface area contributed by atoms with Gasteiger partial charge in [-0.25, -0.2) is 8.78 Å². The van der Waals surface area contributed by atoms with Crippen LogP contribution < -0.4 is 15.5 Å². The maximum absolute atomic E-state index is 13.8. The highest BCUT2D eigenvalue weighted by Crippen LogP contribution is 2.25. The third-order valence-electron chi connectivity index (χ3n) is 6.59. The third-order valence-corrected chi connectivity index (χ3v) is 6.59. The SMILES string of the molecule is CC(=O)NCC(O)C(Cc1cc(F)cc(F)c1)NCc1cc(CC(C)C)ccc1N1CCN(C)CC1. The minimum atomic E-state index is -0.939. The van der Waals surface area contributed by atoms with Gasteiger partial charge in [0.1, 0.15) is 11.6 Å². The Morgan fingerprint density at radius 2 is 1.67 bits per heavy atom. The van der Waals surface area contributed by atoms with E-state index >= 15 is 0 Å². The lowest BCUT2D eigenvalue weighted by Gasteiger charge is -2.35. The van der Waals surface area contributed by atoms with E-state index in [0.29, 0.717) is 18.0 Å². The van der Waals surface area contributed by atoms with Crippen molar-refractivity contribution in [2.75, 3.05) is 44.7 Å². The van der Waals surface area contributed by atoms with Crippen molar-refractivity contribution in [2.24, 2.45) is 5.92 Å². The van der Waals surface area contributed by atoms with Crippen molar-refractivity contribution in [3.05, 3.63) is 64.7 Å². The summed E-state index contributed by atoms with van der Waals surface area (Å²) in [6.07, 6.45) is 0.240. The molecule has 8 heteroatoms. The molecule has 1 heterocycles. The van der Waals surface area contributed by atoms with E-state index in [1.807, 2.05) is 0 Å². The van der Waals surface area contributed by atoms with Gasteiger partial charge in [0.25, 0.3) is 0 Å². The Bertz CT molecular complexity index is 989. The van der Waals surface area contributed by atoms with Crippen LogP contribution in [0.25, 0.3) is 0 Å². The lowest BCUT2D eigenvalue weighted by Crippen LogP contribution is -2.47. The molecule has 2 atom stereocenters. The number of amides is 1. The number of aliphatic hydroxyl groups excluding tert-OH is 1. The number of anilines is 1. The van der Waals surface area contributed by atoms with Crippen LogP contribution in [0.3, 0.4) is 0 Å². The second-order valence-electron chi connectivity index (χ2n) is 10.3. The molecule has 2 aromatic carbocycles. The molecule has 198 valence electrons. The van der Waals surface area contributed by atoms with Crippen molar-refractivity contribution in [2.45, 2.75) is 52.3 Å². The average Bonchev–Trinajstić information content (AvgIpc) is 2.80. The maximum Gasteiger partial charge on any atom is 0.216 e. The van der Waals surface area contributed by atoms with Gasteiger partial charge < -0.3 is 25.5 Å². The van der Waals surface area contributed by atoms with Gasteiger partial charge in [0.15, 0.2) is 0 Å². The second kappa shape index (κ2) is 13.1. The molecule has 0 bridgehead atoms. The normalized spacial score (nSPS) is 16.3. The van der Waals surface area contributed by atoms with Crippen molar-refractivity contribution in [3.8, 4) is 0 Å². The van der Waals surface area contributed by atoms with Gasteiger partial charge in [0, 0.05) is 64.0 Å². The van der Waals surface area contributed by atoms with Crippen LogP contribution in [0.4, 0.5) is 14.5 Å². The number of likely N-dealkylation sites (N-methyl/N-ethyl adjacent to an activating group) is 1. The van der Waals surface area contributed by atoms with Gasteiger partial charge in [-0.2, -0.15) is 0 Å². The van der Waals surface area contributed by atoms with Gasteiger partial charge in [0.2, 0.25) is 5.91 Å². The van der Waals surface area contributed by atoms with E-state index in [1.165, 1.54) is 24.6 Å². The number of carbonyl (C=O) groups is 1. The molecule has 0 saturated carbocycles. The Morgan fingerprint density at radius 3 is 2.28 bits per heavy atom. The Morgan fingerprint density at radius 1 is 1.00 bits per heavy atom. The molecule has 0 radical (unpaired) electrons. The molecule has 3 N–H and O–H groups in total. The van der Waals surface area contributed by atoms with Crippen LogP contribution in [0.15, 0.2) is 36.4 Å². The molecule has 36 heavy (non-hydrogen) atoms. The summed E-state index contributed by atoms with van der Waals surface area (Å²) < 4.78 is 27.7. The van der Waals surface area contributed by atoms with E-state index in [1.54, 1.807) is 0 Å². The zero-order valence-corrected chi connectivity index (χ0v) is 21.9. The summed E-state index contributed by atoms with van der Waals surface area (Å²) in [6.45, 7) is 10.1. The highest BCUT2D eigenvalue weighted by Gasteiger charge is 2.23. The second-order valence-corrected chi connectivity index (χ2v) is 10.3. The molecule has 0 aromatic heterocycles. The van der Waals surface area contributed by atoms with E-state index in [2.05, 4.69) is 59.5 Å². The fraction of sp³-hybridized carbons (Fsp3) is 0.536. The first-order chi connectivity index (χ1) is 17.1. The number of halogens is 2. The summed E-state index contributed by atoms with van der Waals surface area (Å²) in [6, 6.07) is 9.47. The first-order valence-corrected chi connectivity index (χ1v) is 12.8. The summed E-state index contributed by atoms with van der Waals surface area (Å²) in [5.74, 6) is -1.03. The van der Waals surface area contributed by atoms with E-state index in [4.69, 9.17) is 0 Å². The monoisotopic (exact) mass is 502 g/mol. The van der Waals surface area contributed by atoms with Gasteiger partial charge in [-0.3, -0.25) is 4.79 Å². The van der Waals surface area contributed by atoms with Crippen LogP contribution in [0, 0.1) is 17.6 Å². The maximum atomic E-state index is 13.8.